The zero-order valence-electron chi connectivity index (χ0n) is 17.0. The molecule has 15 heteroatoms. The molecule has 1 atom stereocenters. The summed E-state index contributed by atoms with van der Waals surface area (Å²) in [5, 5.41) is 10.3. The second-order valence-electron chi connectivity index (χ2n) is 7.85. The third kappa shape index (κ3) is 4.78. The highest BCUT2D eigenvalue weighted by atomic mass is 32.2. The maximum absolute atomic E-state index is 13.9. The van der Waals surface area contributed by atoms with E-state index >= 15 is 0 Å². The van der Waals surface area contributed by atoms with Crippen molar-refractivity contribution in [2.75, 3.05) is 34.9 Å². The van der Waals surface area contributed by atoms with Crippen molar-refractivity contribution < 1.29 is 34.8 Å². The third-order valence-electron chi connectivity index (χ3n) is 5.31. The summed E-state index contributed by atoms with van der Waals surface area (Å²) >= 11 is 0. The van der Waals surface area contributed by atoms with E-state index in [0.29, 0.717) is 12.6 Å². The van der Waals surface area contributed by atoms with Crippen molar-refractivity contribution in [3.05, 3.63) is 29.3 Å². The minimum atomic E-state index is -4.95. The molecule has 0 radical (unpaired) electrons. The third-order valence-corrected chi connectivity index (χ3v) is 6.26. The molecule has 0 amide bonds. The molecule has 0 saturated carbocycles. The van der Waals surface area contributed by atoms with Gasteiger partial charge in [0.25, 0.3) is 0 Å². The van der Waals surface area contributed by atoms with Crippen LogP contribution in [0.3, 0.4) is 0 Å². The van der Waals surface area contributed by atoms with Gasteiger partial charge in [-0.15, -0.1) is 10.2 Å². The summed E-state index contributed by atoms with van der Waals surface area (Å²) in [5.74, 6) is -0.145. The van der Waals surface area contributed by atoms with Crippen LogP contribution in [0.15, 0.2) is 18.2 Å². The molecule has 1 saturated heterocycles. The lowest BCUT2D eigenvalue weighted by Gasteiger charge is -2.30. The van der Waals surface area contributed by atoms with Crippen LogP contribution in [0.25, 0.3) is 11.3 Å². The normalized spacial score (nSPS) is 20.6. The molecule has 0 bridgehead atoms. The van der Waals surface area contributed by atoms with Crippen LogP contribution in [0.2, 0.25) is 0 Å². The Morgan fingerprint density at radius 2 is 1.70 bits per heavy atom. The van der Waals surface area contributed by atoms with E-state index in [1.807, 2.05) is 16.7 Å². The van der Waals surface area contributed by atoms with E-state index in [1.165, 1.54) is 0 Å². The van der Waals surface area contributed by atoms with Crippen molar-refractivity contribution in [2.45, 2.75) is 31.2 Å². The quantitative estimate of drug-likeness (QED) is 0.560. The summed E-state index contributed by atoms with van der Waals surface area (Å²) in [6, 6.07) is 1.80. The number of halogens is 6. The van der Waals surface area contributed by atoms with E-state index in [0.717, 1.165) is 31.5 Å². The van der Waals surface area contributed by atoms with Crippen LogP contribution in [0.5, 0.6) is 0 Å². The summed E-state index contributed by atoms with van der Waals surface area (Å²) in [4.78, 5) is 2.01. The molecule has 180 valence electrons. The molecule has 3 N–H and O–H groups in total. The van der Waals surface area contributed by atoms with Crippen LogP contribution in [0, 0.1) is 0 Å². The number of likely N-dealkylation sites (N-methyl/N-ethyl adjacent to an activating group) is 1. The van der Waals surface area contributed by atoms with E-state index in [2.05, 4.69) is 15.5 Å². The fourth-order valence-corrected chi connectivity index (χ4v) is 4.93. The topological polar surface area (TPSA) is 99.2 Å². The number of anilines is 3. The van der Waals surface area contributed by atoms with Gasteiger partial charge in [-0.3, -0.25) is 9.44 Å². The van der Waals surface area contributed by atoms with Crippen LogP contribution < -0.4 is 14.8 Å². The smallest absolute Gasteiger partial charge is 0.365 e. The van der Waals surface area contributed by atoms with Crippen molar-refractivity contribution >= 4 is 27.4 Å². The first kappa shape index (κ1) is 23.4. The number of piperidine rings is 1. The van der Waals surface area contributed by atoms with Crippen LogP contribution in [0.1, 0.15) is 24.0 Å². The molecule has 8 nitrogen and oxygen atoms in total. The molecule has 0 aliphatic carbocycles. The fourth-order valence-electron chi connectivity index (χ4n) is 3.91. The number of likely N-dealkylation sites (tertiary alicyclic amines) is 1. The number of benzene rings is 1. The maximum Gasteiger partial charge on any atom is 0.418 e. The average molecular weight is 496 g/mol. The van der Waals surface area contributed by atoms with Gasteiger partial charge < -0.3 is 10.2 Å². The van der Waals surface area contributed by atoms with Crippen molar-refractivity contribution in [2.24, 2.45) is 0 Å². The highest BCUT2D eigenvalue weighted by Gasteiger charge is 2.42. The van der Waals surface area contributed by atoms with Crippen molar-refractivity contribution in [1.82, 2.24) is 15.1 Å². The summed E-state index contributed by atoms with van der Waals surface area (Å²) < 4.78 is 109. The van der Waals surface area contributed by atoms with E-state index in [9.17, 15) is 34.8 Å². The Morgan fingerprint density at radius 1 is 1.03 bits per heavy atom. The van der Waals surface area contributed by atoms with Gasteiger partial charge in [0.1, 0.15) is 11.5 Å². The molecule has 2 aliphatic rings. The lowest BCUT2D eigenvalue weighted by atomic mass is 10.00. The molecular weight excluding hydrogens is 478 g/mol. The van der Waals surface area contributed by atoms with Gasteiger partial charge in [0.15, 0.2) is 0 Å². The Kier molecular flexibility index (Phi) is 5.59. The zero-order chi connectivity index (χ0) is 24.2. The van der Waals surface area contributed by atoms with Crippen LogP contribution in [-0.4, -0.2) is 49.7 Å². The number of hydrogen-bond acceptors (Lipinski definition) is 6. The first-order valence-corrected chi connectivity index (χ1v) is 11.2. The summed E-state index contributed by atoms with van der Waals surface area (Å²) in [7, 11) is -2.57. The Balaban J connectivity index is 1.80. The largest absolute Gasteiger partial charge is 0.418 e. The van der Waals surface area contributed by atoms with Crippen LogP contribution in [-0.2, 0) is 22.6 Å². The molecule has 1 aromatic heterocycles. The second-order valence-corrected chi connectivity index (χ2v) is 9.27. The number of hydrogen-bond donors (Lipinski definition) is 3. The lowest BCUT2D eigenvalue weighted by Crippen LogP contribution is -2.40. The molecule has 0 spiro atoms. The zero-order valence-corrected chi connectivity index (χ0v) is 17.8. The number of rotatable bonds is 3. The lowest BCUT2D eigenvalue weighted by molar-refractivity contribution is -0.138. The highest BCUT2D eigenvalue weighted by Crippen LogP contribution is 2.48. The maximum atomic E-state index is 13.9. The predicted octanol–water partition coefficient (Wildman–Crippen LogP) is 3.77. The van der Waals surface area contributed by atoms with Gasteiger partial charge in [-0.2, -0.15) is 34.8 Å². The Morgan fingerprint density at radius 3 is 2.33 bits per heavy atom. The van der Waals surface area contributed by atoms with E-state index < -0.39 is 56.3 Å². The molecule has 1 aromatic carbocycles. The van der Waals surface area contributed by atoms with Crippen molar-refractivity contribution in [3.8, 4) is 11.3 Å². The minimum absolute atomic E-state index is 0.145. The first-order valence-electron chi connectivity index (χ1n) is 9.70. The number of alkyl halides is 6. The van der Waals surface area contributed by atoms with Gasteiger partial charge in [-0.1, -0.05) is 0 Å². The van der Waals surface area contributed by atoms with Gasteiger partial charge in [0, 0.05) is 18.2 Å². The summed E-state index contributed by atoms with van der Waals surface area (Å²) in [5.41, 5.74) is -5.49. The molecule has 1 fully saturated rings. The monoisotopic (exact) mass is 496 g/mol. The molecule has 2 aliphatic heterocycles. The number of aromatic nitrogens is 2. The van der Waals surface area contributed by atoms with E-state index in [1.54, 1.807) is 4.72 Å². The molecular formula is C18H18F6N6O2S. The van der Waals surface area contributed by atoms with Gasteiger partial charge >= 0.3 is 22.6 Å². The average Bonchev–Trinajstić information content (AvgIpc) is 3.00. The summed E-state index contributed by atoms with van der Waals surface area (Å²) in [6.07, 6.45) is -8.33. The number of nitrogens with zero attached hydrogens (tertiary/aromatic N) is 3. The predicted molar refractivity (Wildman–Crippen MR) is 108 cm³/mol. The molecule has 4 rings (SSSR count). The minimum Gasteiger partial charge on any atom is -0.365 e. The molecule has 33 heavy (non-hydrogen) atoms. The molecule has 3 heterocycles. The Bertz CT molecular complexity index is 1180. The van der Waals surface area contributed by atoms with Crippen LogP contribution in [0.4, 0.5) is 43.5 Å². The first-order chi connectivity index (χ1) is 15.2. The summed E-state index contributed by atoms with van der Waals surface area (Å²) in [6.45, 7) is 1.45. The molecule has 2 aromatic rings. The van der Waals surface area contributed by atoms with E-state index in [4.69, 9.17) is 0 Å². The van der Waals surface area contributed by atoms with Gasteiger partial charge in [0.2, 0.25) is 0 Å². The van der Waals surface area contributed by atoms with E-state index in [-0.39, 0.29) is 11.9 Å². The highest BCUT2D eigenvalue weighted by molar-refractivity contribution is 7.94. The van der Waals surface area contributed by atoms with Gasteiger partial charge in [0.05, 0.1) is 22.5 Å². The second kappa shape index (κ2) is 7.90. The van der Waals surface area contributed by atoms with Crippen molar-refractivity contribution in [1.29, 1.82) is 0 Å². The van der Waals surface area contributed by atoms with Crippen molar-refractivity contribution in [3.63, 3.8) is 0 Å². The van der Waals surface area contributed by atoms with Crippen LogP contribution >= 0.6 is 0 Å². The fraction of sp³-hybridized carbons (Fsp3) is 0.444. The number of nitrogens with one attached hydrogen (secondary N) is 3. The standard InChI is InChI=1S/C18H18F6N6O2S/c1-30-6-2-3-9(8-30)25-13-7-12(18(22,23)24)14(27-26-13)10-4-5-11(17(19,20)21)16-15(10)28-33(31,32)29-16/h4-5,7,9,28-29H,2-3,6,8H2,1H3,(H,25,26)/t9-/m1/s1. The molecule has 0 unspecified atom stereocenters. The van der Waals surface area contributed by atoms with Gasteiger partial charge in [-0.25, -0.2) is 0 Å². The SMILES string of the molecule is CN1CCC[C@@H](Nc2cc(C(F)(F)F)c(-c3ccc(C(F)(F)F)c4c3NS(=O)(=O)N4)nn2)C1. The number of fused-ring (bicyclic) bond motifs is 1. The van der Waals surface area contributed by atoms with Gasteiger partial charge in [-0.05, 0) is 44.6 Å². The Hall–Kier alpha value is -2.81. The Labute approximate surface area is 184 Å².